The van der Waals surface area contributed by atoms with Crippen molar-refractivity contribution in [2.75, 3.05) is 0 Å². The summed E-state index contributed by atoms with van der Waals surface area (Å²) in [5, 5.41) is -0.683. The summed E-state index contributed by atoms with van der Waals surface area (Å²) >= 11 is 5.22. The lowest BCUT2D eigenvalue weighted by atomic mass is 10.2. The highest BCUT2D eigenvalue weighted by molar-refractivity contribution is 6.30. The lowest BCUT2D eigenvalue weighted by molar-refractivity contribution is 0.111. The van der Waals surface area contributed by atoms with E-state index in [-0.39, 0.29) is 12.0 Å². The Balaban J connectivity index is 3.31. The maximum Gasteiger partial charge on any atom is 0.269 e. The van der Waals surface area contributed by atoms with Gasteiger partial charge in [0.1, 0.15) is 16.7 Å². The van der Waals surface area contributed by atoms with E-state index in [2.05, 4.69) is 4.98 Å². The first-order valence-corrected chi connectivity index (χ1v) is 3.53. The number of alkyl halides is 2. The predicted octanol–water partition coefficient (Wildman–Crippen LogP) is 2.62. The zero-order valence-electron chi connectivity index (χ0n) is 6.10. The van der Waals surface area contributed by atoms with Crippen molar-refractivity contribution in [3.05, 3.63) is 28.3 Å². The summed E-state index contributed by atoms with van der Waals surface area (Å²) in [7, 11) is 0. The number of hydrogen-bond acceptors (Lipinski definition) is 2. The van der Waals surface area contributed by atoms with Crippen LogP contribution in [0.1, 0.15) is 22.5 Å². The van der Waals surface area contributed by atoms with Crippen molar-refractivity contribution < 1.29 is 18.0 Å². The van der Waals surface area contributed by atoms with Crippen LogP contribution in [0.5, 0.6) is 0 Å². The summed E-state index contributed by atoms with van der Waals surface area (Å²) in [5.41, 5.74) is -1.29. The van der Waals surface area contributed by atoms with Gasteiger partial charge < -0.3 is 0 Å². The summed E-state index contributed by atoms with van der Waals surface area (Å²) in [6.07, 6.45) is -2.81. The molecule has 0 spiro atoms. The van der Waals surface area contributed by atoms with E-state index in [1.165, 1.54) is 0 Å². The van der Waals surface area contributed by atoms with Crippen LogP contribution in [0.4, 0.5) is 13.2 Å². The molecule has 0 fully saturated rings. The van der Waals surface area contributed by atoms with E-state index in [4.69, 9.17) is 11.6 Å². The molecule has 1 heterocycles. The molecule has 6 heteroatoms. The molecular weight excluding hydrogens is 207 g/mol. The van der Waals surface area contributed by atoms with Crippen LogP contribution in [0.2, 0.25) is 5.15 Å². The number of carbonyl (C=O) groups excluding carboxylic acids is 1. The molecule has 2 nitrogen and oxygen atoms in total. The third kappa shape index (κ3) is 1.98. The zero-order valence-corrected chi connectivity index (χ0v) is 6.86. The van der Waals surface area contributed by atoms with Crippen molar-refractivity contribution in [2.45, 2.75) is 6.43 Å². The third-order valence-corrected chi connectivity index (χ3v) is 1.61. The molecule has 0 unspecified atom stereocenters. The Bertz CT molecular complexity index is 320. The second kappa shape index (κ2) is 3.74. The summed E-state index contributed by atoms with van der Waals surface area (Å²) in [5.74, 6) is -1.22. The van der Waals surface area contributed by atoms with Crippen LogP contribution in [0.25, 0.3) is 0 Å². The minimum absolute atomic E-state index is 0.226. The number of pyridine rings is 1. The number of carbonyl (C=O) groups is 1. The maximum atomic E-state index is 12.8. The van der Waals surface area contributed by atoms with Gasteiger partial charge in [0.05, 0.1) is 5.56 Å². The number of hydrogen-bond donors (Lipinski definition) is 0. The highest BCUT2D eigenvalue weighted by atomic mass is 35.5. The Labute approximate surface area is 76.3 Å². The Morgan fingerprint density at radius 3 is 2.54 bits per heavy atom. The second-order valence-corrected chi connectivity index (χ2v) is 2.51. The van der Waals surface area contributed by atoms with Crippen molar-refractivity contribution in [2.24, 2.45) is 0 Å². The van der Waals surface area contributed by atoms with Crippen LogP contribution in [-0.4, -0.2) is 11.3 Å². The number of halogens is 4. The third-order valence-electron chi connectivity index (χ3n) is 1.32. The summed E-state index contributed by atoms with van der Waals surface area (Å²) in [6.45, 7) is 0. The van der Waals surface area contributed by atoms with Gasteiger partial charge in [-0.2, -0.15) is 0 Å². The topological polar surface area (TPSA) is 30.0 Å². The fourth-order valence-electron chi connectivity index (χ4n) is 0.767. The predicted molar refractivity (Wildman–Crippen MR) is 39.5 cm³/mol. The van der Waals surface area contributed by atoms with Crippen molar-refractivity contribution >= 4 is 17.9 Å². The fraction of sp³-hybridized carbons (Fsp3) is 0.143. The molecular formula is C7H3ClF3NO. The van der Waals surface area contributed by atoms with Gasteiger partial charge in [0.2, 0.25) is 0 Å². The van der Waals surface area contributed by atoms with Gasteiger partial charge in [-0.3, -0.25) is 4.79 Å². The summed E-state index contributed by atoms with van der Waals surface area (Å²) in [4.78, 5) is 13.4. The first-order chi connectivity index (χ1) is 6.06. The van der Waals surface area contributed by atoms with Gasteiger partial charge in [-0.15, -0.1) is 0 Å². The standard InChI is InChI=1S/C7H3ClF3NO/c8-6-5(7(10)11)4(9)1-3(2-13)12-6/h1-2,7H. The van der Waals surface area contributed by atoms with Crippen LogP contribution < -0.4 is 0 Å². The van der Waals surface area contributed by atoms with E-state index >= 15 is 0 Å². The van der Waals surface area contributed by atoms with Crippen LogP contribution in [0.15, 0.2) is 6.07 Å². The first kappa shape index (κ1) is 9.98. The maximum absolute atomic E-state index is 12.8. The molecule has 0 saturated carbocycles. The van der Waals surface area contributed by atoms with Gasteiger partial charge in [0, 0.05) is 6.07 Å². The van der Waals surface area contributed by atoms with Crippen molar-refractivity contribution in [1.82, 2.24) is 4.98 Å². The lowest BCUT2D eigenvalue weighted by Crippen LogP contribution is -1.98. The average Bonchev–Trinajstić information content (AvgIpc) is 2.02. The van der Waals surface area contributed by atoms with Gasteiger partial charge in [0.25, 0.3) is 6.43 Å². The molecule has 0 bridgehead atoms. The molecule has 0 amide bonds. The molecule has 0 N–H and O–H groups in total. The van der Waals surface area contributed by atoms with Gasteiger partial charge in [-0.1, -0.05) is 11.6 Å². The number of aromatic nitrogens is 1. The Morgan fingerprint density at radius 2 is 2.15 bits per heavy atom. The summed E-state index contributed by atoms with van der Waals surface area (Å²) in [6, 6.07) is 0.611. The molecule has 0 aliphatic heterocycles. The van der Waals surface area contributed by atoms with E-state index in [0.29, 0.717) is 6.07 Å². The zero-order chi connectivity index (χ0) is 10.0. The van der Waals surface area contributed by atoms with Gasteiger partial charge in [-0.05, 0) is 0 Å². The van der Waals surface area contributed by atoms with Gasteiger partial charge in [0.15, 0.2) is 6.29 Å². The van der Waals surface area contributed by atoms with E-state index < -0.39 is 23.0 Å². The molecule has 1 rings (SSSR count). The molecule has 13 heavy (non-hydrogen) atoms. The molecule has 0 radical (unpaired) electrons. The summed E-state index contributed by atoms with van der Waals surface area (Å²) < 4.78 is 36.9. The normalized spacial score (nSPS) is 10.5. The molecule has 0 saturated heterocycles. The van der Waals surface area contributed by atoms with Crippen LogP contribution >= 0.6 is 11.6 Å². The van der Waals surface area contributed by atoms with Crippen LogP contribution in [0, 0.1) is 5.82 Å². The lowest BCUT2D eigenvalue weighted by Gasteiger charge is -2.03. The SMILES string of the molecule is O=Cc1cc(F)c(C(F)F)c(Cl)n1. The largest absolute Gasteiger partial charge is 0.296 e. The molecule has 1 aromatic heterocycles. The Hall–Kier alpha value is -1.10. The first-order valence-electron chi connectivity index (χ1n) is 3.15. The highest BCUT2D eigenvalue weighted by Crippen LogP contribution is 2.28. The van der Waals surface area contributed by atoms with E-state index in [0.717, 1.165) is 0 Å². The van der Waals surface area contributed by atoms with Gasteiger partial charge >= 0.3 is 0 Å². The smallest absolute Gasteiger partial charge is 0.269 e. The molecule has 70 valence electrons. The molecule has 1 aromatic rings. The minimum atomic E-state index is -3.04. The average molecular weight is 210 g/mol. The molecule has 0 aromatic carbocycles. The van der Waals surface area contributed by atoms with Crippen LogP contribution in [0.3, 0.4) is 0 Å². The fourth-order valence-corrected chi connectivity index (χ4v) is 1.04. The Morgan fingerprint density at radius 1 is 1.54 bits per heavy atom. The number of nitrogens with zero attached hydrogens (tertiary/aromatic N) is 1. The van der Waals surface area contributed by atoms with E-state index in [1.807, 2.05) is 0 Å². The van der Waals surface area contributed by atoms with Crippen LogP contribution in [-0.2, 0) is 0 Å². The van der Waals surface area contributed by atoms with Gasteiger partial charge in [-0.25, -0.2) is 18.2 Å². The van der Waals surface area contributed by atoms with Crippen molar-refractivity contribution in [1.29, 1.82) is 0 Å². The quantitative estimate of drug-likeness (QED) is 0.554. The Kier molecular flexibility index (Phi) is 2.87. The number of rotatable bonds is 2. The van der Waals surface area contributed by atoms with Crippen molar-refractivity contribution in [3.8, 4) is 0 Å². The molecule has 0 aliphatic rings. The second-order valence-electron chi connectivity index (χ2n) is 2.15. The highest BCUT2D eigenvalue weighted by Gasteiger charge is 2.19. The van der Waals surface area contributed by atoms with Crippen molar-refractivity contribution in [3.63, 3.8) is 0 Å². The molecule has 0 atom stereocenters. The number of aldehydes is 1. The van der Waals surface area contributed by atoms with E-state index in [1.54, 1.807) is 0 Å². The monoisotopic (exact) mass is 209 g/mol. The molecule has 0 aliphatic carbocycles. The minimum Gasteiger partial charge on any atom is -0.296 e. The van der Waals surface area contributed by atoms with E-state index in [9.17, 15) is 18.0 Å².